The Morgan fingerprint density at radius 1 is 1.08 bits per heavy atom. The van der Waals surface area contributed by atoms with Gasteiger partial charge in [-0.25, -0.2) is 0 Å². The third kappa shape index (κ3) is 6.41. The van der Waals surface area contributed by atoms with Crippen LogP contribution in [0.15, 0.2) is 0 Å². The Balaban J connectivity index is 0.00000338. The number of carbonyl (C=O) groups is 2. The van der Waals surface area contributed by atoms with Crippen molar-refractivity contribution in [2.45, 2.75) is 90.1 Å². The minimum absolute atomic E-state index is 0. The molecule has 0 spiro atoms. The molecule has 6 heteroatoms. The lowest BCUT2D eigenvalue weighted by molar-refractivity contribution is -0.128. The molecular formula is C20H38ClN3O2. The van der Waals surface area contributed by atoms with E-state index in [0.717, 1.165) is 25.7 Å². The molecule has 5 nitrogen and oxygen atoms in total. The van der Waals surface area contributed by atoms with Crippen LogP contribution < -0.4 is 16.4 Å². The van der Waals surface area contributed by atoms with Crippen molar-refractivity contribution in [2.75, 3.05) is 6.54 Å². The topological polar surface area (TPSA) is 84.2 Å². The highest BCUT2D eigenvalue weighted by molar-refractivity contribution is 5.85. The Morgan fingerprint density at radius 2 is 1.65 bits per heavy atom. The summed E-state index contributed by atoms with van der Waals surface area (Å²) in [7, 11) is 0. The molecule has 4 N–H and O–H groups in total. The molecule has 0 heterocycles. The van der Waals surface area contributed by atoms with E-state index in [1.54, 1.807) is 0 Å². The second-order valence-corrected chi connectivity index (χ2v) is 8.74. The smallest absolute Gasteiger partial charge is 0.223 e. The van der Waals surface area contributed by atoms with Crippen LogP contribution >= 0.6 is 12.4 Å². The number of rotatable bonds is 7. The normalized spacial score (nSPS) is 26.0. The Hall–Kier alpha value is -0.810. The quantitative estimate of drug-likeness (QED) is 0.627. The Kier molecular flexibility index (Phi) is 9.39. The first-order valence-electron chi connectivity index (χ1n) is 10.2. The predicted molar refractivity (Wildman–Crippen MR) is 108 cm³/mol. The first kappa shape index (κ1) is 23.2. The Morgan fingerprint density at radius 3 is 2.15 bits per heavy atom. The van der Waals surface area contributed by atoms with E-state index in [1.165, 1.54) is 25.7 Å². The summed E-state index contributed by atoms with van der Waals surface area (Å²) in [5.74, 6) is 1.26. The molecule has 0 radical (unpaired) electrons. The second-order valence-electron chi connectivity index (χ2n) is 8.74. The van der Waals surface area contributed by atoms with Gasteiger partial charge in [-0.1, -0.05) is 26.7 Å². The molecule has 1 atom stereocenters. The molecule has 2 rings (SSSR count). The SMILES string of the molecule is CC(C)C(C)(CN)NC(=O)C1CCC(NC(=O)CC2CCCC2)CC1.Cl. The lowest BCUT2D eigenvalue weighted by atomic mass is 9.83. The molecule has 2 saturated carbocycles. The van der Waals surface area contributed by atoms with Crippen molar-refractivity contribution in [3.63, 3.8) is 0 Å². The highest BCUT2D eigenvalue weighted by Crippen LogP contribution is 2.29. The third-order valence-corrected chi connectivity index (χ3v) is 6.52. The lowest BCUT2D eigenvalue weighted by Crippen LogP contribution is -2.56. The van der Waals surface area contributed by atoms with Crippen molar-refractivity contribution in [1.82, 2.24) is 10.6 Å². The predicted octanol–water partition coefficient (Wildman–Crippen LogP) is 3.15. The molecule has 26 heavy (non-hydrogen) atoms. The van der Waals surface area contributed by atoms with Crippen LogP contribution in [0.25, 0.3) is 0 Å². The number of nitrogens with one attached hydrogen (secondary N) is 2. The van der Waals surface area contributed by atoms with E-state index in [0.29, 0.717) is 24.8 Å². The van der Waals surface area contributed by atoms with Crippen LogP contribution in [-0.4, -0.2) is 29.9 Å². The zero-order valence-corrected chi connectivity index (χ0v) is 17.5. The van der Waals surface area contributed by atoms with Crippen molar-refractivity contribution in [3.05, 3.63) is 0 Å². The summed E-state index contributed by atoms with van der Waals surface area (Å²) in [6.07, 6.45) is 9.13. The summed E-state index contributed by atoms with van der Waals surface area (Å²) in [4.78, 5) is 24.8. The fourth-order valence-corrected chi connectivity index (χ4v) is 4.08. The molecule has 2 amide bonds. The van der Waals surface area contributed by atoms with Gasteiger partial charge in [-0.2, -0.15) is 0 Å². The number of amides is 2. The molecule has 0 bridgehead atoms. The van der Waals surface area contributed by atoms with E-state index in [4.69, 9.17) is 5.73 Å². The first-order valence-corrected chi connectivity index (χ1v) is 10.2. The fourth-order valence-electron chi connectivity index (χ4n) is 4.08. The van der Waals surface area contributed by atoms with Crippen LogP contribution in [0.2, 0.25) is 0 Å². The molecule has 152 valence electrons. The van der Waals surface area contributed by atoms with Gasteiger partial charge in [-0.3, -0.25) is 9.59 Å². The molecule has 1 unspecified atom stereocenters. The molecule has 2 aliphatic carbocycles. The zero-order chi connectivity index (χ0) is 18.4. The minimum atomic E-state index is -0.344. The van der Waals surface area contributed by atoms with Crippen molar-refractivity contribution in [2.24, 2.45) is 23.5 Å². The molecule has 0 aromatic heterocycles. The van der Waals surface area contributed by atoms with Gasteiger partial charge in [0.15, 0.2) is 0 Å². The van der Waals surface area contributed by atoms with E-state index < -0.39 is 0 Å². The molecule has 0 aliphatic heterocycles. The molecular weight excluding hydrogens is 350 g/mol. The monoisotopic (exact) mass is 387 g/mol. The summed E-state index contributed by atoms with van der Waals surface area (Å²) >= 11 is 0. The third-order valence-electron chi connectivity index (χ3n) is 6.52. The van der Waals surface area contributed by atoms with Gasteiger partial charge < -0.3 is 16.4 Å². The van der Waals surface area contributed by atoms with Crippen LogP contribution in [0, 0.1) is 17.8 Å². The maximum Gasteiger partial charge on any atom is 0.223 e. The van der Waals surface area contributed by atoms with Crippen LogP contribution in [0.1, 0.15) is 78.6 Å². The van der Waals surface area contributed by atoms with E-state index in [-0.39, 0.29) is 41.7 Å². The van der Waals surface area contributed by atoms with E-state index in [1.807, 2.05) is 6.92 Å². The number of carbonyl (C=O) groups excluding carboxylic acids is 2. The maximum atomic E-state index is 12.6. The standard InChI is InChI=1S/C20H37N3O2.ClH/c1-14(2)20(3,13-21)23-19(25)16-8-10-17(11-9-16)22-18(24)12-15-6-4-5-7-15;/h14-17H,4-13,21H2,1-3H3,(H,22,24)(H,23,25);1H. The van der Waals surface area contributed by atoms with Crippen LogP contribution in [0.5, 0.6) is 0 Å². The summed E-state index contributed by atoms with van der Waals surface area (Å²) < 4.78 is 0. The maximum absolute atomic E-state index is 12.6. The summed E-state index contributed by atoms with van der Waals surface area (Å²) in [6.45, 7) is 6.64. The van der Waals surface area contributed by atoms with Gasteiger partial charge in [0, 0.05) is 24.9 Å². The second kappa shape index (κ2) is 10.5. The minimum Gasteiger partial charge on any atom is -0.353 e. The van der Waals surface area contributed by atoms with Gasteiger partial charge in [0.2, 0.25) is 11.8 Å². The van der Waals surface area contributed by atoms with E-state index in [9.17, 15) is 9.59 Å². The lowest BCUT2D eigenvalue weighted by Gasteiger charge is -2.36. The largest absolute Gasteiger partial charge is 0.353 e. The van der Waals surface area contributed by atoms with Crippen molar-refractivity contribution in [3.8, 4) is 0 Å². The van der Waals surface area contributed by atoms with Crippen molar-refractivity contribution < 1.29 is 9.59 Å². The van der Waals surface area contributed by atoms with Crippen LogP contribution in [0.4, 0.5) is 0 Å². The van der Waals surface area contributed by atoms with Gasteiger partial charge in [0.25, 0.3) is 0 Å². The molecule has 2 fully saturated rings. The van der Waals surface area contributed by atoms with Crippen LogP contribution in [-0.2, 0) is 9.59 Å². The first-order chi connectivity index (χ1) is 11.8. The summed E-state index contributed by atoms with van der Waals surface area (Å²) in [5, 5.41) is 6.36. The summed E-state index contributed by atoms with van der Waals surface area (Å²) in [5.41, 5.74) is 5.52. The highest BCUT2D eigenvalue weighted by atomic mass is 35.5. The van der Waals surface area contributed by atoms with Gasteiger partial charge >= 0.3 is 0 Å². The number of hydrogen-bond acceptors (Lipinski definition) is 3. The summed E-state index contributed by atoms with van der Waals surface area (Å²) in [6, 6.07) is 0.240. The average molecular weight is 388 g/mol. The highest BCUT2D eigenvalue weighted by Gasteiger charge is 2.33. The van der Waals surface area contributed by atoms with E-state index in [2.05, 4.69) is 24.5 Å². The Bertz CT molecular complexity index is 458. The number of halogens is 1. The number of nitrogens with two attached hydrogens (primary N) is 1. The van der Waals surface area contributed by atoms with Crippen molar-refractivity contribution in [1.29, 1.82) is 0 Å². The van der Waals surface area contributed by atoms with Crippen LogP contribution in [0.3, 0.4) is 0 Å². The molecule has 0 saturated heterocycles. The van der Waals surface area contributed by atoms with Gasteiger partial charge in [-0.15, -0.1) is 12.4 Å². The van der Waals surface area contributed by atoms with E-state index >= 15 is 0 Å². The van der Waals surface area contributed by atoms with Crippen molar-refractivity contribution >= 4 is 24.2 Å². The molecule has 2 aliphatic rings. The number of hydrogen-bond donors (Lipinski definition) is 3. The van der Waals surface area contributed by atoms with Gasteiger partial charge in [-0.05, 0) is 57.3 Å². The van der Waals surface area contributed by atoms with Gasteiger partial charge in [0.05, 0.1) is 5.54 Å². The molecule has 0 aromatic rings. The fraction of sp³-hybridized carbons (Fsp3) is 0.900. The van der Waals surface area contributed by atoms with Gasteiger partial charge in [0.1, 0.15) is 0 Å². The average Bonchev–Trinajstić information content (AvgIpc) is 3.07. The Labute approximate surface area is 165 Å². The zero-order valence-electron chi connectivity index (χ0n) is 16.7. The molecule has 0 aromatic carbocycles.